The first kappa shape index (κ1) is 30.4. The summed E-state index contributed by atoms with van der Waals surface area (Å²) >= 11 is 0. The fourth-order valence-corrected chi connectivity index (χ4v) is 6.80. The van der Waals surface area contributed by atoms with Gasteiger partial charge in [0.2, 0.25) is 10.0 Å². The number of nitrogens with one attached hydrogen (secondary N) is 1. The first-order valence-corrected chi connectivity index (χ1v) is 15.2. The molecule has 4 rings (SSSR count). The number of sulfonamides is 1. The van der Waals surface area contributed by atoms with E-state index in [4.69, 9.17) is 14.2 Å². The van der Waals surface area contributed by atoms with E-state index in [9.17, 15) is 23.4 Å². The Morgan fingerprint density at radius 3 is 2.35 bits per heavy atom. The summed E-state index contributed by atoms with van der Waals surface area (Å²) in [6, 6.07) is 14.6. The molecule has 10 nitrogen and oxygen atoms in total. The lowest BCUT2D eigenvalue weighted by Crippen LogP contribution is -2.52. The minimum absolute atomic E-state index is 0.0146. The van der Waals surface area contributed by atoms with Gasteiger partial charge >= 0.3 is 6.09 Å². The number of hydrogen-bond acceptors (Lipinski definition) is 8. The molecule has 0 aromatic heterocycles. The van der Waals surface area contributed by atoms with E-state index in [0.29, 0.717) is 25.2 Å². The van der Waals surface area contributed by atoms with Gasteiger partial charge in [-0.25, -0.2) is 13.2 Å². The van der Waals surface area contributed by atoms with Crippen molar-refractivity contribution in [2.75, 3.05) is 26.3 Å². The highest BCUT2D eigenvalue weighted by Gasteiger charge is 2.41. The lowest BCUT2D eigenvalue weighted by Gasteiger charge is -2.33. The molecule has 5 atom stereocenters. The number of aliphatic hydroxyl groups is 2. The zero-order valence-electron chi connectivity index (χ0n) is 23.0. The van der Waals surface area contributed by atoms with Gasteiger partial charge in [0.15, 0.2) is 6.29 Å². The molecule has 0 aliphatic carbocycles. The van der Waals surface area contributed by atoms with E-state index in [2.05, 4.69) is 5.32 Å². The number of alkyl carbamates (subject to hydrolysis) is 1. The van der Waals surface area contributed by atoms with Crippen molar-refractivity contribution in [1.29, 1.82) is 0 Å². The van der Waals surface area contributed by atoms with E-state index in [-0.39, 0.29) is 55.2 Å². The molecule has 2 aliphatic rings. The molecule has 3 N–H and O–H groups in total. The molecule has 2 fully saturated rings. The number of fused-ring (bicyclic) bond motifs is 1. The largest absolute Gasteiger partial charge is 0.446 e. The molecule has 0 saturated carbocycles. The third-order valence-electron chi connectivity index (χ3n) is 7.27. The maximum atomic E-state index is 13.6. The average Bonchev–Trinajstić information content (AvgIpc) is 3.43. The fourth-order valence-electron chi connectivity index (χ4n) is 5.18. The van der Waals surface area contributed by atoms with Crippen molar-refractivity contribution in [3.05, 3.63) is 65.7 Å². The minimum Gasteiger partial charge on any atom is -0.446 e. The van der Waals surface area contributed by atoms with Crippen LogP contribution in [0.15, 0.2) is 59.5 Å². The summed E-state index contributed by atoms with van der Waals surface area (Å²) in [5, 5.41) is 23.5. The van der Waals surface area contributed by atoms with Crippen LogP contribution in [0.1, 0.15) is 37.8 Å². The standard InChI is InChI=1S/C29H40N2O8S/c1-20(2)17-31(40(35,36)23-10-8-22(19-32)9-11-23)18-26(33)25(16-21-6-4-3-5-7-21)30-29(34)39-27-13-15-38-28-24(27)12-14-37-28/h3-11,20,24-28,32-33H,12-19H2,1-2H3,(H,30,34)/t24-,25-,26+,27-,28+/m0/s1. The van der Waals surface area contributed by atoms with E-state index < -0.39 is 28.3 Å². The van der Waals surface area contributed by atoms with Crippen molar-refractivity contribution >= 4 is 16.1 Å². The van der Waals surface area contributed by atoms with Crippen molar-refractivity contribution in [3.63, 3.8) is 0 Å². The van der Waals surface area contributed by atoms with Gasteiger partial charge in [0.1, 0.15) is 6.10 Å². The van der Waals surface area contributed by atoms with Gasteiger partial charge in [0.25, 0.3) is 0 Å². The molecule has 1 amide bonds. The van der Waals surface area contributed by atoms with Gasteiger partial charge < -0.3 is 29.7 Å². The molecule has 2 aromatic carbocycles. The predicted molar refractivity (Wildman–Crippen MR) is 148 cm³/mol. The van der Waals surface area contributed by atoms with Crippen LogP contribution in [0.3, 0.4) is 0 Å². The van der Waals surface area contributed by atoms with Gasteiger partial charge in [-0.1, -0.05) is 56.3 Å². The van der Waals surface area contributed by atoms with Gasteiger partial charge in [0.05, 0.1) is 36.9 Å². The molecule has 220 valence electrons. The van der Waals surface area contributed by atoms with E-state index >= 15 is 0 Å². The first-order chi connectivity index (χ1) is 19.2. The monoisotopic (exact) mass is 576 g/mol. The molecule has 11 heteroatoms. The Kier molecular flexibility index (Phi) is 10.6. The zero-order chi connectivity index (χ0) is 28.7. The molecule has 2 saturated heterocycles. The Hall–Kier alpha value is -2.54. The maximum Gasteiger partial charge on any atom is 0.407 e. The second-order valence-electron chi connectivity index (χ2n) is 10.8. The van der Waals surface area contributed by atoms with Crippen molar-refractivity contribution in [2.24, 2.45) is 11.8 Å². The topological polar surface area (TPSA) is 135 Å². The number of aliphatic hydroxyl groups excluding tert-OH is 2. The fraction of sp³-hybridized carbons (Fsp3) is 0.552. The Balaban J connectivity index is 1.51. The summed E-state index contributed by atoms with van der Waals surface area (Å²) in [5.74, 6) is -0.0554. The minimum atomic E-state index is -3.96. The number of rotatable bonds is 12. The SMILES string of the molecule is CC(C)CN(C[C@@H](O)[C@H](Cc1ccccc1)NC(=O)O[C@H]1CCO[C@H]2OCC[C@H]21)S(=O)(=O)c1ccc(CO)cc1. The van der Waals surface area contributed by atoms with Crippen molar-refractivity contribution in [3.8, 4) is 0 Å². The summed E-state index contributed by atoms with van der Waals surface area (Å²) in [4.78, 5) is 13.1. The lowest BCUT2D eigenvalue weighted by molar-refractivity contribution is -0.179. The number of amides is 1. The molecule has 2 aliphatic heterocycles. The van der Waals surface area contributed by atoms with Crippen LogP contribution in [-0.2, 0) is 37.3 Å². The second kappa shape index (κ2) is 13.9. The third-order valence-corrected chi connectivity index (χ3v) is 9.12. The van der Waals surface area contributed by atoms with Crippen molar-refractivity contribution < 1.29 is 37.6 Å². The second-order valence-corrected chi connectivity index (χ2v) is 12.8. The van der Waals surface area contributed by atoms with Gasteiger partial charge in [-0.3, -0.25) is 0 Å². The first-order valence-electron chi connectivity index (χ1n) is 13.8. The Morgan fingerprint density at radius 2 is 1.70 bits per heavy atom. The molecule has 40 heavy (non-hydrogen) atoms. The van der Waals surface area contributed by atoms with E-state index in [1.807, 2.05) is 44.2 Å². The summed E-state index contributed by atoms with van der Waals surface area (Å²) in [6.07, 6.45) is -1.07. The van der Waals surface area contributed by atoms with Gasteiger partial charge in [-0.2, -0.15) is 4.31 Å². The van der Waals surface area contributed by atoms with Crippen LogP contribution in [0.5, 0.6) is 0 Å². The molecular weight excluding hydrogens is 536 g/mol. The molecule has 0 bridgehead atoms. The van der Waals surface area contributed by atoms with Crippen LogP contribution >= 0.6 is 0 Å². The molecule has 0 spiro atoms. The van der Waals surface area contributed by atoms with Crippen LogP contribution in [0.2, 0.25) is 0 Å². The quantitative estimate of drug-likeness (QED) is 0.351. The van der Waals surface area contributed by atoms with Gasteiger partial charge in [0, 0.05) is 25.4 Å². The third kappa shape index (κ3) is 7.80. The van der Waals surface area contributed by atoms with E-state index in [1.54, 1.807) is 12.1 Å². The molecule has 2 heterocycles. The number of hydrogen-bond donors (Lipinski definition) is 3. The van der Waals surface area contributed by atoms with Crippen molar-refractivity contribution in [2.45, 2.75) is 69.2 Å². The number of nitrogens with zero attached hydrogens (tertiary/aromatic N) is 1. The Morgan fingerprint density at radius 1 is 1.02 bits per heavy atom. The zero-order valence-corrected chi connectivity index (χ0v) is 23.8. The van der Waals surface area contributed by atoms with E-state index in [0.717, 1.165) is 12.0 Å². The van der Waals surface area contributed by atoms with E-state index in [1.165, 1.54) is 16.4 Å². The summed E-state index contributed by atoms with van der Waals surface area (Å²) in [7, 11) is -3.96. The number of benzene rings is 2. The van der Waals surface area contributed by atoms with Crippen molar-refractivity contribution in [1.82, 2.24) is 9.62 Å². The summed E-state index contributed by atoms with van der Waals surface area (Å²) in [5.41, 5.74) is 1.47. The van der Waals surface area contributed by atoms with Crippen LogP contribution < -0.4 is 5.32 Å². The molecular formula is C29H40N2O8S. The maximum absolute atomic E-state index is 13.6. The van der Waals surface area contributed by atoms with Gasteiger partial charge in [-0.15, -0.1) is 0 Å². The highest BCUT2D eigenvalue weighted by atomic mass is 32.2. The lowest BCUT2D eigenvalue weighted by atomic mass is 9.95. The normalized spacial score (nSPS) is 22.6. The van der Waals surface area contributed by atoms with Crippen LogP contribution in [0.25, 0.3) is 0 Å². The smallest absolute Gasteiger partial charge is 0.407 e. The highest BCUT2D eigenvalue weighted by Crippen LogP contribution is 2.32. The Bertz CT molecular complexity index is 1190. The number of carbonyl (C=O) groups is 1. The Labute approximate surface area is 236 Å². The predicted octanol–water partition coefficient (Wildman–Crippen LogP) is 2.68. The molecule has 0 radical (unpaired) electrons. The van der Waals surface area contributed by atoms with Gasteiger partial charge in [-0.05, 0) is 42.0 Å². The van der Waals surface area contributed by atoms with Crippen LogP contribution in [-0.4, -0.2) is 79.9 Å². The number of carbonyl (C=O) groups excluding carboxylic acids is 1. The number of ether oxygens (including phenoxy) is 3. The molecule has 0 unspecified atom stereocenters. The highest BCUT2D eigenvalue weighted by molar-refractivity contribution is 7.89. The summed E-state index contributed by atoms with van der Waals surface area (Å²) < 4.78 is 45.4. The molecule has 2 aromatic rings. The van der Waals surface area contributed by atoms with Crippen LogP contribution in [0.4, 0.5) is 4.79 Å². The average molecular weight is 577 g/mol. The summed E-state index contributed by atoms with van der Waals surface area (Å²) in [6.45, 7) is 4.53. The van der Waals surface area contributed by atoms with Crippen LogP contribution in [0, 0.1) is 11.8 Å².